The van der Waals surface area contributed by atoms with Crippen molar-refractivity contribution >= 4 is 18.1 Å². The third-order valence-electron chi connectivity index (χ3n) is 3.96. The molecule has 0 heterocycles. The molecule has 0 aliphatic rings. The predicted molar refractivity (Wildman–Crippen MR) is 133 cm³/mol. The number of hydrogen-bond donors (Lipinski definition) is 1. The molecule has 0 aliphatic heterocycles. The highest BCUT2D eigenvalue weighted by molar-refractivity contribution is 5.87. The highest BCUT2D eigenvalue weighted by Gasteiger charge is 2.15. The predicted octanol–water partition coefficient (Wildman–Crippen LogP) is 7.17. The second-order valence-corrected chi connectivity index (χ2v) is 8.37. The smallest absolute Gasteiger partial charge is 0.333 e. The van der Waals surface area contributed by atoms with Crippen molar-refractivity contribution in [2.24, 2.45) is 0 Å². The van der Waals surface area contributed by atoms with Gasteiger partial charge in [0.15, 0.2) is 0 Å². The number of unbranched alkanes of at least 4 members (excludes halogenated alkanes) is 1. The zero-order valence-corrected chi connectivity index (χ0v) is 19.9. The van der Waals surface area contributed by atoms with Gasteiger partial charge in [0.1, 0.15) is 17.1 Å². The number of rotatable bonds is 8. The Kier molecular flexibility index (Phi) is 11.6. The zero-order valence-electron chi connectivity index (χ0n) is 19.9. The number of benzene rings is 2. The van der Waals surface area contributed by atoms with Crippen LogP contribution in [0.25, 0.3) is 12.2 Å². The molecule has 32 heavy (non-hydrogen) atoms. The first kappa shape index (κ1) is 26.8. The van der Waals surface area contributed by atoms with Crippen LogP contribution in [-0.2, 0) is 14.3 Å². The van der Waals surface area contributed by atoms with Crippen molar-refractivity contribution in [3.05, 3.63) is 89.7 Å². The molecule has 0 aromatic heterocycles. The third kappa shape index (κ3) is 12.4. The standard InChI is InChI=1S/C20H22O2.C8H14O2/c1-2-3-15-22-20(16-18-7-5-4-6-8-18)14-11-17-9-12-19(21)13-10-17;1-6(2)7(9)10-8(3,4)5/h4-14,16,21H,2-3,15H2,1H3;1H2,2-5H3. The Bertz CT molecular complexity index is 885. The maximum absolute atomic E-state index is 10.8. The van der Waals surface area contributed by atoms with E-state index in [0.29, 0.717) is 5.57 Å². The van der Waals surface area contributed by atoms with Gasteiger partial charge < -0.3 is 14.6 Å². The van der Waals surface area contributed by atoms with E-state index in [2.05, 4.69) is 25.6 Å². The average Bonchev–Trinajstić information content (AvgIpc) is 2.73. The van der Waals surface area contributed by atoms with E-state index in [4.69, 9.17) is 9.47 Å². The molecule has 2 aromatic rings. The van der Waals surface area contributed by atoms with Gasteiger partial charge in [0.05, 0.1) is 6.61 Å². The van der Waals surface area contributed by atoms with Gasteiger partial charge in [-0.05, 0) is 69.5 Å². The van der Waals surface area contributed by atoms with Gasteiger partial charge in [-0.2, -0.15) is 0 Å². The summed E-state index contributed by atoms with van der Waals surface area (Å²) in [4.78, 5) is 10.8. The van der Waals surface area contributed by atoms with Crippen LogP contribution >= 0.6 is 0 Å². The minimum absolute atomic E-state index is 0.274. The van der Waals surface area contributed by atoms with Crippen LogP contribution in [0.4, 0.5) is 0 Å². The van der Waals surface area contributed by atoms with Crippen molar-refractivity contribution in [2.75, 3.05) is 6.61 Å². The Labute approximate surface area is 192 Å². The van der Waals surface area contributed by atoms with Gasteiger partial charge >= 0.3 is 5.97 Å². The van der Waals surface area contributed by atoms with Crippen LogP contribution in [0.2, 0.25) is 0 Å². The lowest BCUT2D eigenvalue weighted by Crippen LogP contribution is -2.23. The van der Waals surface area contributed by atoms with Crippen LogP contribution in [0, 0.1) is 0 Å². The number of carbonyl (C=O) groups excluding carboxylic acids is 1. The van der Waals surface area contributed by atoms with Gasteiger partial charge in [0.2, 0.25) is 0 Å². The van der Waals surface area contributed by atoms with Crippen molar-refractivity contribution in [2.45, 2.75) is 53.1 Å². The summed E-state index contributed by atoms with van der Waals surface area (Å²) in [6, 6.07) is 17.2. The fourth-order valence-corrected chi connectivity index (χ4v) is 2.31. The topological polar surface area (TPSA) is 55.8 Å². The Morgan fingerprint density at radius 2 is 1.66 bits per heavy atom. The number of phenolic OH excluding ortho intramolecular Hbond substituents is 1. The van der Waals surface area contributed by atoms with E-state index in [1.54, 1.807) is 19.1 Å². The maximum atomic E-state index is 10.8. The van der Waals surface area contributed by atoms with Gasteiger partial charge in [-0.25, -0.2) is 4.79 Å². The quantitative estimate of drug-likeness (QED) is 0.157. The first-order valence-electron chi connectivity index (χ1n) is 10.9. The molecule has 0 spiro atoms. The molecule has 0 aliphatic carbocycles. The Hall–Kier alpha value is -3.27. The van der Waals surface area contributed by atoms with E-state index in [9.17, 15) is 9.90 Å². The van der Waals surface area contributed by atoms with Gasteiger partial charge in [0, 0.05) is 5.57 Å². The number of ether oxygens (including phenoxy) is 2. The van der Waals surface area contributed by atoms with Crippen LogP contribution in [0.1, 0.15) is 58.6 Å². The van der Waals surface area contributed by atoms with Crippen LogP contribution in [0.15, 0.2) is 78.6 Å². The molecule has 4 nitrogen and oxygen atoms in total. The Morgan fingerprint density at radius 3 is 2.16 bits per heavy atom. The molecule has 0 bridgehead atoms. The normalized spacial score (nSPS) is 11.5. The molecule has 0 atom stereocenters. The molecule has 0 unspecified atom stereocenters. The van der Waals surface area contributed by atoms with Gasteiger partial charge in [-0.15, -0.1) is 0 Å². The summed E-state index contributed by atoms with van der Waals surface area (Å²) in [5, 5.41) is 9.31. The van der Waals surface area contributed by atoms with Crippen molar-refractivity contribution in [3.8, 4) is 5.75 Å². The molecule has 1 N–H and O–H groups in total. The lowest BCUT2D eigenvalue weighted by Gasteiger charge is -2.19. The molecule has 2 rings (SSSR count). The summed E-state index contributed by atoms with van der Waals surface area (Å²) in [7, 11) is 0. The maximum Gasteiger partial charge on any atom is 0.333 e. The van der Waals surface area contributed by atoms with E-state index >= 15 is 0 Å². The van der Waals surface area contributed by atoms with Gasteiger partial charge in [-0.3, -0.25) is 0 Å². The van der Waals surface area contributed by atoms with E-state index < -0.39 is 5.60 Å². The molecule has 0 amide bonds. The SMILES string of the molecule is C=C(C)C(=O)OC(C)(C)C.CCCCOC(C=Cc1ccc(O)cc1)=Cc1ccccc1. The summed E-state index contributed by atoms with van der Waals surface area (Å²) < 4.78 is 10.8. The highest BCUT2D eigenvalue weighted by Crippen LogP contribution is 2.15. The fourth-order valence-electron chi connectivity index (χ4n) is 2.31. The van der Waals surface area contributed by atoms with E-state index in [1.807, 2.05) is 69.3 Å². The van der Waals surface area contributed by atoms with Crippen LogP contribution in [0.3, 0.4) is 0 Å². The molecule has 0 saturated heterocycles. The number of hydrogen-bond acceptors (Lipinski definition) is 4. The van der Waals surface area contributed by atoms with Gasteiger partial charge in [0.25, 0.3) is 0 Å². The molecule has 172 valence electrons. The summed E-state index contributed by atoms with van der Waals surface area (Å²) in [6.45, 7) is 13.4. The molecule has 0 saturated carbocycles. The van der Waals surface area contributed by atoms with Crippen molar-refractivity contribution < 1.29 is 19.4 Å². The minimum atomic E-state index is -0.407. The third-order valence-corrected chi connectivity index (χ3v) is 3.96. The number of allylic oxidation sites excluding steroid dienone is 1. The molecular formula is C28H36O4. The van der Waals surface area contributed by atoms with E-state index in [1.165, 1.54) is 0 Å². The first-order valence-corrected chi connectivity index (χ1v) is 10.9. The van der Waals surface area contributed by atoms with E-state index in [0.717, 1.165) is 36.3 Å². The number of carbonyl (C=O) groups is 1. The Morgan fingerprint density at radius 1 is 1.03 bits per heavy atom. The van der Waals surface area contributed by atoms with E-state index in [-0.39, 0.29) is 11.7 Å². The minimum Gasteiger partial charge on any atom is -0.508 e. The lowest BCUT2D eigenvalue weighted by molar-refractivity contribution is -0.149. The molecule has 2 aromatic carbocycles. The lowest BCUT2D eigenvalue weighted by atomic mass is 10.1. The monoisotopic (exact) mass is 436 g/mol. The summed E-state index contributed by atoms with van der Waals surface area (Å²) in [5.74, 6) is 0.789. The largest absolute Gasteiger partial charge is 0.508 e. The molecule has 4 heteroatoms. The van der Waals surface area contributed by atoms with Crippen molar-refractivity contribution in [1.29, 1.82) is 0 Å². The number of phenols is 1. The van der Waals surface area contributed by atoms with Crippen molar-refractivity contribution in [1.82, 2.24) is 0 Å². The fraction of sp³-hybridized carbons (Fsp3) is 0.321. The average molecular weight is 437 g/mol. The molecule has 0 radical (unpaired) electrons. The summed E-state index contributed by atoms with van der Waals surface area (Å²) in [5.41, 5.74) is 2.17. The second-order valence-electron chi connectivity index (χ2n) is 8.37. The van der Waals surface area contributed by atoms with Crippen LogP contribution in [-0.4, -0.2) is 23.3 Å². The number of esters is 1. The highest BCUT2D eigenvalue weighted by atomic mass is 16.6. The molecular weight excluding hydrogens is 400 g/mol. The Balaban J connectivity index is 0.000000433. The summed E-state index contributed by atoms with van der Waals surface area (Å²) >= 11 is 0. The van der Waals surface area contributed by atoms with Gasteiger partial charge in [-0.1, -0.05) is 68.5 Å². The molecule has 0 fully saturated rings. The summed E-state index contributed by atoms with van der Waals surface area (Å²) in [6.07, 6.45) is 8.14. The second kappa shape index (κ2) is 13.9. The number of aromatic hydroxyl groups is 1. The van der Waals surface area contributed by atoms with Crippen LogP contribution in [0.5, 0.6) is 5.75 Å². The first-order chi connectivity index (χ1) is 15.1. The van der Waals surface area contributed by atoms with Crippen LogP contribution < -0.4 is 0 Å². The zero-order chi connectivity index (χ0) is 24.0. The van der Waals surface area contributed by atoms with Crippen molar-refractivity contribution in [3.63, 3.8) is 0 Å².